The maximum absolute atomic E-state index is 11.6. The predicted octanol–water partition coefficient (Wildman–Crippen LogP) is 0.903. The van der Waals surface area contributed by atoms with Gasteiger partial charge < -0.3 is 15.8 Å². The number of carbonyl (C=O) groups is 1. The van der Waals surface area contributed by atoms with Crippen LogP contribution in [0.2, 0.25) is 0 Å². The van der Waals surface area contributed by atoms with E-state index in [1.807, 2.05) is 20.8 Å². The van der Waals surface area contributed by atoms with Crippen LogP contribution >= 0.6 is 0 Å². The Bertz CT molecular complexity index is 232. The third-order valence-corrected chi connectivity index (χ3v) is 2.81. The Hall–Kier alpha value is -0.610. The molecule has 0 saturated heterocycles. The van der Waals surface area contributed by atoms with Crippen molar-refractivity contribution >= 4 is 5.91 Å². The van der Waals surface area contributed by atoms with Gasteiger partial charge in [0.15, 0.2) is 0 Å². The van der Waals surface area contributed by atoms with Crippen molar-refractivity contribution in [2.45, 2.75) is 39.7 Å². The van der Waals surface area contributed by atoms with Crippen LogP contribution in [0.4, 0.5) is 0 Å². The summed E-state index contributed by atoms with van der Waals surface area (Å²) in [6, 6.07) is -0.462. The van der Waals surface area contributed by atoms with E-state index in [1.165, 1.54) is 12.8 Å². The molecule has 16 heavy (non-hydrogen) atoms. The molecule has 3 N–H and O–H groups in total. The Morgan fingerprint density at radius 2 is 2.12 bits per heavy atom. The Labute approximate surface area is 97.9 Å². The van der Waals surface area contributed by atoms with E-state index in [0.29, 0.717) is 13.2 Å². The standard InChI is InChI=1S/C12H24N2O2/c1-12(2,3)10(13)11(15)14-6-7-16-8-9-4-5-9/h9-10H,4-8,13H2,1-3H3,(H,14,15)/t10-/m1/s1. The molecule has 1 amide bonds. The number of amides is 1. The summed E-state index contributed by atoms with van der Waals surface area (Å²) in [7, 11) is 0. The summed E-state index contributed by atoms with van der Waals surface area (Å²) in [5.41, 5.74) is 5.62. The lowest BCUT2D eigenvalue weighted by atomic mass is 9.87. The maximum Gasteiger partial charge on any atom is 0.237 e. The molecule has 1 atom stereocenters. The van der Waals surface area contributed by atoms with Crippen LogP contribution < -0.4 is 11.1 Å². The van der Waals surface area contributed by atoms with Gasteiger partial charge in [-0.25, -0.2) is 0 Å². The Balaban J connectivity index is 2.04. The SMILES string of the molecule is CC(C)(C)[C@H](N)C(=O)NCCOCC1CC1. The smallest absolute Gasteiger partial charge is 0.237 e. The molecule has 0 heterocycles. The Morgan fingerprint density at radius 3 is 2.62 bits per heavy atom. The number of nitrogens with two attached hydrogens (primary N) is 1. The molecular formula is C12H24N2O2. The first kappa shape index (κ1) is 13.5. The minimum Gasteiger partial charge on any atom is -0.379 e. The monoisotopic (exact) mass is 228 g/mol. The van der Waals surface area contributed by atoms with Gasteiger partial charge in [-0.15, -0.1) is 0 Å². The average Bonchev–Trinajstić information content (AvgIpc) is 2.98. The highest BCUT2D eigenvalue weighted by atomic mass is 16.5. The zero-order valence-electron chi connectivity index (χ0n) is 10.6. The van der Waals surface area contributed by atoms with Crippen LogP contribution in [0.25, 0.3) is 0 Å². The fourth-order valence-electron chi connectivity index (χ4n) is 1.28. The van der Waals surface area contributed by atoms with Gasteiger partial charge in [0.2, 0.25) is 5.91 Å². The lowest BCUT2D eigenvalue weighted by Crippen LogP contribution is -2.49. The minimum absolute atomic E-state index is 0.0949. The van der Waals surface area contributed by atoms with E-state index >= 15 is 0 Å². The summed E-state index contributed by atoms with van der Waals surface area (Å²) in [5, 5.41) is 2.79. The fourth-order valence-corrected chi connectivity index (χ4v) is 1.28. The van der Waals surface area contributed by atoms with E-state index in [0.717, 1.165) is 12.5 Å². The predicted molar refractivity (Wildman–Crippen MR) is 64.0 cm³/mol. The summed E-state index contributed by atoms with van der Waals surface area (Å²) in [4.78, 5) is 11.6. The number of carbonyl (C=O) groups excluding carboxylic acids is 1. The van der Waals surface area contributed by atoms with Crippen molar-refractivity contribution in [2.24, 2.45) is 17.1 Å². The number of rotatable bonds is 6. The quantitative estimate of drug-likeness (QED) is 0.664. The van der Waals surface area contributed by atoms with Gasteiger partial charge in [-0.2, -0.15) is 0 Å². The molecule has 0 unspecified atom stereocenters. The first-order valence-electron chi connectivity index (χ1n) is 6.02. The van der Waals surface area contributed by atoms with Gasteiger partial charge in [-0.1, -0.05) is 20.8 Å². The van der Waals surface area contributed by atoms with Gasteiger partial charge >= 0.3 is 0 Å². The van der Waals surface area contributed by atoms with Gasteiger partial charge in [0.1, 0.15) is 0 Å². The molecule has 94 valence electrons. The second-order valence-corrected chi connectivity index (χ2v) is 5.65. The van der Waals surface area contributed by atoms with Crippen molar-refractivity contribution in [2.75, 3.05) is 19.8 Å². The molecule has 1 fully saturated rings. The number of hydrogen-bond donors (Lipinski definition) is 2. The molecule has 0 aromatic rings. The van der Waals surface area contributed by atoms with Gasteiger partial charge in [0.25, 0.3) is 0 Å². The van der Waals surface area contributed by atoms with Crippen molar-refractivity contribution in [3.05, 3.63) is 0 Å². The summed E-state index contributed by atoms with van der Waals surface area (Å²) < 4.78 is 5.42. The van der Waals surface area contributed by atoms with Gasteiger partial charge in [-0.3, -0.25) is 4.79 Å². The summed E-state index contributed by atoms with van der Waals surface area (Å²) >= 11 is 0. The third kappa shape index (κ3) is 4.94. The van der Waals surface area contributed by atoms with E-state index in [2.05, 4.69) is 5.32 Å². The third-order valence-electron chi connectivity index (χ3n) is 2.81. The zero-order valence-corrected chi connectivity index (χ0v) is 10.6. The van der Waals surface area contributed by atoms with E-state index < -0.39 is 6.04 Å². The van der Waals surface area contributed by atoms with Crippen molar-refractivity contribution in [3.63, 3.8) is 0 Å². The van der Waals surface area contributed by atoms with Crippen LogP contribution in [0, 0.1) is 11.3 Å². The Morgan fingerprint density at radius 1 is 1.50 bits per heavy atom. The van der Waals surface area contributed by atoms with E-state index in [9.17, 15) is 4.79 Å². The highest BCUT2D eigenvalue weighted by Crippen LogP contribution is 2.28. The highest BCUT2D eigenvalue weighted by Gasteiger charge is 2.27. The number of hydrogen-bond acceptors (Lipinski definition) is 3. The zero-order chi connectivity index (χ0) is 12.2. The van der Waals surface area contributed by atoms with E-state index in [-0.39, 0.29) is 11.3 Å². The Kier molecular flexibility index (Phi) is 4.74. The molecule has 1 saturated carbocycles. The topological polar surface area (TPSA) is 64.4 Å². The van der Waals surface area contributed by atoms with Crippen molar-refractivity contribution in [1.29, 1.82) is 0 Å². The number of ether oxygens (including phenoxy) is 1. The van der Waals surface area contributed by atoms with Crippen LogP contribution in [0.5, 0.6) is 0 Å². The van der Waals surface area contributed by atoms with Gasteiger partial charge in [-0.05, 0) is 24.2 Å². The maximum atomic E-state index is 11.6. The lowest BCUT2D eigenvalue weighted by molar-refractivity contribution is -0.124. The molecule has 0 aliphatic heterocycles. The molecule has 0 aromatic heterocycles. The lowest BCUT2D eigenvalue weighted by Gasteiger charge is -2.25. The number of nitrogens with one attached hydrogen (secondary N) is 1. The molecule has 1 aliphatic carbocycles. The molecule has 0 radical (unpaired) electrons. The van der Waals surface area contributed by atoms with Crippen LogP contribution in [-0.2, 0) is 9.53 Å². The normalized spacial score (nSPS) is 18.2. The largest absolute Gasteiger partial charge is 0.379 e. The second kappa shape index (κ2) is 5.64. The molecular weight excluding hydrogens is 204 g/mol. The van der Waals surface area contributed by atoms with E-state index in [1.54, 1.807) is 0 Å². The van der Waals surface area contributed by atoms with Crippen molar-refractivity contribution in [1.82, 2.24) is 5.32 Å². The summed E-state index contributed by atoms with van der Waals surface area (Å²) in [6.07, 6.45) is 2.59. The van der Waals surface area contributed by atoms with E-state index in [4.69, 9.17) is 10.5 Å². The molecule has 4 nitrogen and oxygen atoms in total. The molecule has 0 bridgehead atoms. The first-order valence-corrected chi connectivity index (χ1v) is 6.02. The van der Waals surface area contributed by atoms with Crippen molar-refractivity contribution < 1.29 is 9.53 Å². The van der Waals surface area contributed by atoms with Gasteiger partial charge in [0.05, 0.1) is 12.6 Å². The molecule has 0 aromatic carbocycles. The average molecular weight is 228 g/mol. The van der Waals surface area contributed by atoms with Crippen LogP contribution in [-0.4, -0.2) is 31.7 Å². The molecule has 1 aliphatic rings. The first-order chi connectivity index (χ1) is 7.41. The van der Waals surface area contributed by atoms with Gasteiger partial charge in [0, 0.05) is 13.2 Å². The fraction of sp³-hybridized carbons (Fsp3) is 0.917. The molecule has 0 spiro atoms. The highest BCUT2D eigenvalue weighted by molar-refractivity contribution is 5.82. The summed E-state index contributed by atoms with van der Waals surface area (Å²) in [5.74, 6) is 0.676. The van der Waals surface area contributed by atoms with Crippen molar-refractivity contribution in [3.8, 4) is 0 Å². The summed E-state index contributed by atoms with van der Waals surface area (Å²) in [6.45, 7) is 7.85. The second-order valence-electron chi connectivity index (χ2n) is 5.65. The minimum atomic E-state index is -0.462. The molecule has 1 rings (SSSR count). The van der Waals surface area contributed by atoms with Crippen LogP contribution in [0.15, 0.2) is 0 Å². The molecule has 4 heteroatoms. The van der Waals surface area contributed by atoms with Crippen LogP contribution in [0.3, 0.4) is 0 Å². The van der Waals surface area contributed by atoms with Crippen LogP contribution in [0.1, 0.15) is 33.6 Å².